The van der Waals surface area contributed by atoms with Crippen LogP contribution in [-0.4, -0.2) is 27.8 Å². The van der Waals surface area contributed by atoms with Gasteiger partial charge >= 0.3 is 6.03 Å². The molecule has 2 heterocycles. The summed E-state index contributed by atoms with van der Waals surface area (Å²) in [5, 5.41) is 7.18. The maximum absolute atomic E-state index is 11.6. The quantitative estimate of drug-likeness (QED) is 0.279. The number of hydrogen-bond donors (Lipinski definition) is 1. The van der Waals surface area contributed by atoms with Gasteiger partial charge in [0.15, 0.2) is 0 Å². The van der Waals surface area contributed by atoms with E-state index in [0.29, 0.717) is 17.3 Å². The summed E-state index contributed by atoms with van der Waals surface area (Å²) in [7, 11) is 1.57. The lowest BCUT2D eigenvalue weighted by molar-refractivity contribution is 0.255. The molecule has 0 radical (unpaired) electrons. The van der Waals surface area contributed by atoms with Crippen LogP contribution in [0.15, 0.2) is 85.1 Å². The lowest BCUT2D eigenvalue weighted by Crippen LogP contribution is -2.32. The third-order valence-corrected chi connectivity index (χ3v) is 6.49. The van der Waals surface area contributed by atoms with Gasteiger partial charge in [0.1, 0.15) is 17.3 Å². The molecule has 7 nitrogen and oxygen atoms in total. The van der Waals surface area contributed by atoms with E-state index in [2.05, 4.69) is 75.1 Å². The molecule has 0 atom stereocenters. The van der Waals surface area contributed by atoms with Crippen LogP contribution in [0.1, 0.15) is 32.0 Å². The maximum Gasteiger partial charge on any atom is 0.320 e. The fraction of sp³-hybridized carbons (Fsp3) is 0.194. The van der Waals surface area contributed by atoms with Crippen LogP contribution in [0.25, 0.3) is 27.7 Å². The molecule has 0 aliphatic heterocycles. The fourth-order valence-electron chi connectivity index (χ4n) is 4.27. The first-order valence-electron chi connectivity index (χ1n) is 12.5. The Labute approximate surface area is 222 Å². The van der Waals surface area contributed by atoms with Gasteiger partial charge in [0.05, 0.1) is 17.1 Å². The highest BCUT2D eigenvalue weighted by Gasteiger charge is 2.23. The minimum atomic E-state index is -0.596. The van der Waals surface area contributed by atoms with E-state index >= 15 is 0 Å². The molecule has 2 N–H and O–H groups in total. The summed E-state index contributed by atoms with van der Waals surface area (Å²) < 4.78 is 8.32. The number of aromatic nitrogens is 3. The number of ether oxygens (including phenoxy) is 1. The molecule has 7 heteroatoms. The average Bonchev–Trinajstić information content (AvgIpc) is 3.34. The number of fused-ring (bicyclic) bond motifs is 1. The Morgan fingerprint density at radius 3 is 2.39 bits per heavy atom. The summed E-state index contributed by atoms with van der Waals surface area (Å²) in [5.41, 5.74) is 10.4. The molecular formula is C31H31N5O2. The number of aryl methyl sites for hydroxylation is 1. The van der Waals surface area contributed by atoms with Crippen LogP contribution in [0.2, 0.25) is 0 Å². The lowest BCUT2D eigenvalue weighted by atomic mass is 9.91. The molecule has 0 unspecified atom stereocenters. The summed E-state index contributed by atoms with van der Waals surface area (Å²) in [6.45, 7) is 8.58. The van der Waals surface area contributed by atoms with Crippen molar-refractivity contribution in [1.29, 1.82) is 0 Å². The smallest absolute Gasteiger partial charge is 0.320 e. The second-order valence-corrected chi connectivity index (χ2v) is 10.5. The molecule has 0 aliphatic carbocycles. The molecule has 0 bridgehead atoms. The van der Waals surface area contributed by atoms with Crippen molar-refractivity contribution in [2.75, 3.05) is 11.9 Å². The third-order valence-electron chi connectivity index (χ3n) is 6.49. The van der Waals surface area contributed by atoms with Crippen LogP contribution in [0.3, 0.4) is 0 Å². The van der Waals surface area contributed by atoms with Gasteiger partial charge in [-0.1, -0.05) is 62.7 Å². The first-order chi connectivity index (χ1) is 18.1. The van der Waals surface area contributed by atoms with Gasteiger partial charge in [-0.15, -0.1) is 0 Å². The van der Waals surface area contributed by atoms with Gasteiger partial charge in [0.2, 0.25) is 0 Å². The molecule has 38 heavy (non-hydrogen) atoms. The van der Waals surface area contributed by atoms with Gasteiger partial charge in [-0.2, -0.15) is 5.10 Å². The highest BCUT2D eigenvalue weighted by molar-refractivity contribution is 5.97. The van der Waals surface area contributed by atoms with Gasteiger partial charge in [0, 0.05) is 30.3 Å². The maximum atomic E-state index is 11.6. The molecule has 5 aromatic rings. The van der Waals surface area contributed by atoms with E-state index in [9.17, 15) is 4.79 Å². The largest absolute Gasteiger partial charge is 0.457 e. The molecule has 192 valence electrons. The first-order valence-corrected chi connectivity index (χ1v) is 12.5. The minimum Gasteiger partial charge on any atom is -0.457 e. The van der Waals surface area contributed by atoms with E-state index in [1.165, 1.54) is 10.5 Å². The van der Waals surface area contributed by atoms with Crippen LogP contribution in [0.5, 0.6) is 11.5 Å². The molecule has 2 aromatic heterocycles. The van der Waals surface area contributed by atoms with Crippen molar-refractivity contribution in [2.24, 2.45) is 5.73 Å². The van der Waals surface area contributed by atoms with Crippen LogP contribution in [-0.2, 0) is 5.41 Å². The highest BCUT2D eigenvalue weighted by atomic mass is 16.5. The van der Waals surface area contributed by atoms with Crippen molar-refractivity contribution in [3.8, 4) is 28.4 Å². The van der Waals surface area contributed by atoms with Crippen LogP contribution < -0.4 is 15.4 Å². The molecule has 0 saturated carbocycles. The van der Waals surface area contributed by atoms with Crippen molar-refractivity contribution < 1.29 is 9.53 Å². The molecular weight excluding hydrogens is 474 g/mol. The molecule has 5 rings (SSSR count). The third kappa shape index (κ3) is 4.95. The lowest BCUT2D eigenvalue weighted by Gasteiger charge is -2.15. The SMILES string of the molecule is Cc1ccc(-n2nc(C(C)(C)C)cc2-c2cc(Oc3ccnc(N(C)C(N)=O)c3)cc3ccccc23)cc1. The van der Waals surface area contributed by atoms with E-state index in [-0.39, 0.29) is 5.41 Å². The van der Waals surface area contributed by atoms with Gasteiger partial charge in [-0.25, -0.2) is 14.5 Å². The van der Waals surface area contributed by atoms with Gasteiger partial charge in [-0.05, 0) is 54.1 Å². The zero-order valence-corrected chi connectivity index (χ0v) is 22.3. The number of primary amides is 1. The van der Waals surface area contributed by atoms with Crippen LogP contribution in [0, 0.1) is 6.92 Å². The predicted octanol–water partition coefficient (Wildman–Crippen LogP) is 7.00. The Bertz CT molecular complexity index is 1630. The normalized spacial score (nSPS) is 11.5. The highest BCUT2D eigenvalue weighted by Crippen LogP contribution is 2.38. The predicted molar refractivity (Wildman–Crippen MR) is 152 cm³/mol. The standard InChI is InChI=1S/C31H31N5O2/c1-20-10-12-22(13-11-20)36-27(19-28(34-36)31(2,3)4)26-17-24(16-21-8-6-7-9-25(21)26)38-23-14-15-33-29(18-23)35(5)30(32)37/h6-19H,1-5H3,(H2,32,37). The Morgan fingerprint density at radius 2 is 1.68 bits per heavy atom. The zero-order valence-electron chi connectivity index (χ0n) is 22.3. The Balaban J connectivity index is 1.67. The second-order valence-electron chi connectivity index (χ2n) is 10.5. The minimum absolute atomic E-state index is 0.130. The Morgan fingerprint density at radius 1 is 0.947 bits per heavy atom. The number of urea groups is 1. The van der Waals surface area contributed by atoms with Crippen molar-refractivity contribution in [2.45, 2.75) is 33.1 Å². The fourth-order valence-corrected chi connectivity index (χ4v) is 4.27. The number of carbonyl (C=O) groups is 1. The second kappa shape index (κ2) is 9.67. The Hall–Kier alpha value is -4.65. The topological polar surface area (TPSA) is 86.3 Å². The van der Waals surface area contributed by atoms with Crippen molar-refractivity contribution in [3.05, 3.63) is 96.3 Å². The monoisotopic (exact) mass is 505 g/mol. The molecule has 0 aliphatic rings. The summed E-state index contributed by atoms with van der Waals surface area (Å²) in [4.78, 5) is 17.1. The number of pyridine rings is 1. The van der Waals surface area contributed by atoms with Crippen LogP contribution >= 0.6 is 0 Å². The number of hydrogen-bond acceptors (Lipinski definition) is 4. The summed E-state index contributed by atoms with van der Waals surface area (Å²) >= 11 is 0. The van der Waals surface area contributed by atoms with E-state index in [0.717, 1.165) is 33.4 Å². The zero-order chi connectivity index (χ0) is 27.0. The summed E-state index contributed by atoms with van der Waals surface area (Å²) in [6, 6.07) is 25.7. The summed E-state index contributed by atoms with van der Waals surface area (Å²) in [6.07, 6.45) is 1.59. The van der Waals surface area contributed by atoms with Gasteiger partial charge in [-0.3, -0.25) is 4.90 Å². The molecule has 2 amide bonds. The number of anilines is 1. The van der Waals surface area contributed by atoms with Gasteiger partial charge < -0.3 is 10.5 Å². The van der Waals surface area contributed by atoms with E-state index < -0.39 is 6.03 Å². The number of amides is 2. The van der Waals surface area contributed by atoms with Gasteiger partial charge in [0.25, 0.3) is 0 Å². The number of benzene rings is 3. The van der Waals surface area contributed by atoms with E-state index in [1.807, 2.05) is 28.9 Å². The van der Waals surface area contributed by atoms with E-state index in [1.54, 1.807) is 25.4 Å². The summed E-state index contributed by atoms with van der Waals surface area (Å²) in [5.74, 6) is 1.61. The van der Waals surface area contributed by atoms with Crippen molar-refractivity contribution >= 4 is 22.6 Å². The number of rotatable bonds is 5. The number of nitrogens with two attached hydrogens (primary N) is 1. The molecule has 0 saturated heterocycles. The molecule has 0 fully saturated rings. The van der Waals surface area contributed by atoms with E-state index in [4.69, 9.17) is 15.6 Å². The number of carbonyl (C=O) groups excluding carboxylic acids is 1. The van der Waals surface area contributed by atoms with Crippen molar-refractivity contribution in [3.63, 3.8) is 0 Å². The first kappa shape index (κ1) is 25.0. The molecule has 0 spiro atoms. The van der Waals surface area contributed by atoms with Crippen molar-refractivity contribution in [1.82, 2.24) is 14.8 Å². The number of nitrogens with zero attached hydrogens (tertiary/aromatic N) is 4. The Kier molecular flexibility index (Phi) is 6.36. The molecule has 3 aromatic carbocycles. The van der Waals surface area contributed by atoms with Crippen LogP contribution in [0.4, 0.5) is 10.6 Å². The average molecular weight is 506 g/mol.